The molecule has 1 aliphatic heterocycles. The van der Waals surface area contributed by atoms with Crippen molar-refractivity contribution in [2.45, 2.75) is 143 Å². The average Bonchev–Trinajstić information content (AvgIpc) is 3.58. The summed E-state index contributed by atoms with van der Waals surface area (Å²) in [6.45, 7) is 21.6. The Balaban J connectivity index is 1.47. The molecule has 6 rings (SSSR count). The molecule has 0 unspecified atom stereocenters. The molecule has 2 heterocycles. The normalized spacial score (nSPS) is 24.0. The third-order valence-corrected chi connectivity index (χ3v) is 10.2. The molecule has 290 valence electrons. The van der Waals surface area contributed by atoms with Gasteiger partial charge in [0.2, 0.25) is 11.6 Å². The molecule has 15 heteroatoms. The highest BCUT2D eigenvalue weighted by Crippen LogP contribution is 2.65. The Morgan fingerprint density at radius 1 is 0.925 bits per heavy atom. The minimum Gasteiger partial charge on any atom is -0.496 e. The maximum atomic E-state index is 14.0. The highest BCUT2D eigenvalue weighted by atomic mass is 16.7. The van der Waals surface area contributed by atoms with E-state index in [0.29, 0.717) is 17.2 Å². The van der Waals surface area contributed by atoms with Gasteiger partial charge in [0.15, 0.2) is 5.69 Å². The van der Waals surface area contributed by atoms with Crippen molar-refractivity contribution in [3.8, 4) is 5.75 Å². The van der Waals surface area contributed by atoms with Crippen molar-refractivity contribution in [3.05, 3.63) is 40.7 Å². The van der Waals surface area contributed by atoms with Gasteiger partial charge in [-0.05, 0) is 117 Å². The van der Waals surface area contributed by atoms with E-state index >= 15 is 0 Å². The van der Waals surface area contributed by atoms with Gasteiger partial charge in [0.1, 0.15) is 34.7 Å². The summed E-state index contributed by atoms with van der Waals surface area (Å²) in [7, 11) is 0.608. The van der Waals surface area contributed by atoms with Gasteiger partial charge in [-0.1, -0.05) is 31.2 Å². The van der Waals surface area contributed by atoms with Crippen molar-refractivity contribution in [3.63, 3.8) is 0 Å². The zero-order valence-corrected chi connectivity index (χ0v) is 33.4. The minimum absolute atomic E-state index is 0.0875. The molecule has 3 saturated carbocycles. The molecule has 1 aromatic heterocycles. The first-order valence-corrected chi connectivity index (χ1v) is 18.2. The number of aromatic nitrogens is 3. The Bertz CT molecular complexity index is 1750. The number of methoxy groups -OCH3 is 1. The third-order valence-electron chi connectivity index (χ3n) is 10.2. The first-order chi connectivity index (χ1) is 24.3. The number of nitrogens with zero attached hydrogens (tertiary/aromatic N) is 3. The predicted octanol–water partition coefficient (Wildman–Crippen LogP) is 5.15. The Morgan fingerprint density at radius 2 is 1.53 bits per heavy atom. The second-order valence-corrected chi connectivity index (χ2v) is 18.2. The highest BCUT2D eigenvalue weighted by molar-refractivity contribution is 6.48. The fraction of sp³-hybridized carbons (Fsp3) is 0.684. The lowest BCUT2D eigenvalue weighted by Gasteiger charge is -2.64. The van der Waals surface area contributed by atoms with Crippen molar-refractivity contribution >= 4 is 30.9 Å². The Hall–Kier alpha value is -3.98. The van der Waals surface area contributed by atoms with Crippen molar-refractivity contribution in [2.75, 3.05) is 7.11 Å². The molecule has 4 fully saturated rings. The van der Waals surface area contributed by atoms with Gasteiger partial charge in [-0.25, -0.2) is 19.1 Å². The molecular weight excluding hydrogens is 683 g/mol. The number of ether oxygens (including phenoxy) is 4. The van der Waals surface area contributed by atoms with Gasteiger partial charge in [-0.3, -0.25) is 4.79 Å². The van der Waals surface area contributed by atoms with E-state index in [1.165, 1.54) is 7.11 Å². The molecule has 0 spiro atoms. The number of para-hydroxylation sites is 1. The zero-order valence-electron chi connectivity index (χ0n) is 33.4. The molecule has 1 saturated heterocycles. The molecule has 3 aliphatic carbocycles. The van der Waals surface area contributed by atoms with Gasteiger partial charge in [-0.2, -0.15) is 0 Å². The Morgan fingerprint density at radius 3 is 2.11 bits per heavy atom. The van der Waals surface area contributed by atoms with Crippen LogP contribution in [-0.2, 0) is 41.3 Å². The summed E-state index contributed by atoms with van der Waals surface area (Å²) in [5, 5.41) is 11.0. The summed E-state index contributed by atoms with van der Waals surface area (Å²) in [6.07, 6.45) is 1.85. The monoisotopic (exact) mass is 738 g/mol. The molecule has 14 nitrogen and oxygen atoms in total. The largest absolute Gasteiger partial charge is 0.496 e. The van der Waals surface area contributed by atoms with Crippen molar-refractivity contribution in [1.82, 2.24) is 20.3 Å². The van der Waals surface area contributed by atoms with Gasteiger partial charge in [0.05, 0.1) is 24.8 Å². The molecule has 4 aliphatic rings. The quantitative estimate of drug-likeness (QED) is 0.194. The smallest absolute Gasteiger partial charge is 0.482 e. The summed E-state index contributed by atoms with van der Waals surface area (Å²) < 4.78 is 36.9. The van der Waals surface area contributed by atoms with E-state index in [-0.39, 0.29) is 40.8 Å². The molecule has 1 aromatic carbocycles. The van der Waals surface area contributed by atoms with Crippen molar-refractivity contribution in [1.29, 1.82) is 0 Å². The standard InChI is InChI=1S/C38H55BN4O10/c1-34(2,3)49-31(45)23-16-14-15-21(30(23)48-13)17-26(39-52-25-19-22-18-24(37(22,10)11)38(25,12)53-39)40-27(44)20-43-29(33(47)51-36(7,8)9)28(41-42-43)32(46)50-35(4,5)6/h14-16,22,24-26H,17-20H2,1-13H3,(H,40,44)/t22-,24-,25+,26-,38-/m0/s1. The SMILES string of the molecule is COc1c(C[C@H](NC(=O)Cn2nnc(C(=O)OC(C)(C)C)c2C(=O)OC(C)(C)C)B2O[C@@H]3C[C@@H]4C[C@@H](C4(C)C)[C@]3(C)O2)cccc1C(=O)OC(C)(C)C. The predicted molar refractivity (Wildman–Crippen MR) is 194 cm³/mol. The molecule has 0 radical (unpaired) electrons. The lowest BCUT2D eigenvalue weighted by molar-refractivity contribution is -0.199. The van der Waals surface area contributed by atoms with Crippen LogP contribution in [0.2, 0.25) is 0 Å². The van der Waals surface area contributed by atoms with Crippen LogP contribution in [-0.4, -0.2) is 87.5 Å². The van der Waals surface area contributed by atoms with E-state index in [0.717, 1.165) is 17.5 Å². The van der Waals surface area contributed by atoms with Gasteiger partial charge >= 0.3 is 25.0 Å². The molecule has 2 aromatic rings. The lowest BCUT2D eigenvalue weighted by atomic mass is 9.43. The topological polar surface area (TPSA) is 166 Å². The first-order valence-electron chi connectivity index (χ1n) is 18.2. The number of carbonyl (C=O) groups excluding carboxylic acids is 4. The van der Waals surface area contributed by atoms with Gasteiger partial charge in [0, 0.05) is 0 Å². The highest BCUT2D eigenvalue weighted by Gasteiger charge is 2.68. The van der Waals surface area contributed by atoms with E-state index in [2.05, 4.69) is 36.4 Å². The Kier molecular flexibility index (Phi) is 10.6. The molecule has 1 amide bonds. The number of esters is 3. The number of hydrogen-bond acceptors (Lipinski definition) is 12. The number of rotatable bonds is 10. The van der Waals surface area contributed by atoms with Crippen LogP contribution in [0.15, 0.2) is 18.2 Å². The van der Waals surface area contributed by atoms with Crippen LogP contribution in [0.1, 0.15) is 133 Å². The molecular formula is C38H55BN4O10. The number of carbonyl (C=O) groups is 4. The number of hydrogen-bond donors (Lipinski definition) is 1. The number of nitrogens with one attached hydrogen (secondary N) is 1. The van der Waals surface area contributed by atoms with Crippen LogP contribution in [0, 0.1) is 17.3 Å². The maximum Gasteiger partial charge on any atom is 0.482 e. The first kappa shape index (κ1) is 40.2. The van der Waals surface area contributed by atoms with E-state index in [4.69, 9.17) is 28.3 Å². The maximum absolute atomic E-state index is 14.0. The number of amides is 1. The van der Waals surface area contributed by atoms with Gasteiger partial charge in [0.25, 0.3) is 0 Å². The number of benzene rings is 1. The van der Waals surface area contributed by atoms with Crippen LogP contribution < -0.4 is 10.1 Å². The zero-order chi connectivity index (χ0) is 39.5. The van der Waals surface area contributed by atoms with Crippen molar-refractivity contribution in [2.24, 2.45) is 17.3 Å². The summed E-state index contributed by atoms with van der Waals surface area (Å²) in [5.74, 6) is -2.61. The third kappa shape index (κ3) is 8.56. The molecule has 2 bridgehead atoms. The van der Waals surface area contributed by atoms with E-state index in [1.54, 1.807) is 80.5 Å². The van der Waals surface area contributed by atoms with Crippen molar-refractivity contribution < 1.29 is 47.4 Å². The summed E-state index contributed by atoms with van der Waals surface area (Å²) in [5.41, 5.74) is -2.87. The average molecular weight is 739 g/mol. The lowest BCUT2D eigenvalue weighted by Crippen LogP contribution is -2.65. The van der Waals surface area contributed by atoms with Gasteiger partial charge in [-0.15, -0.1) is 5.10 Å². The van der Waals surface area contributed by atoms with Crippen LogP contribution in [0.5, 0.6) is 5.75 Å². The van der Waals surface area contributed by atoms with E-state index in [1.807, 2.05) is 0 Å². The van der Waals surface area contributed by atoms with E-state index < -0.39 is 65.8 Å². The minimum atomic E-state index is -0.920. The Labute approximate surface area is 312 Å². The van der Waals surface area contributed by atoms with E-state index in [9.17, 15) is 19.2 Å². The van der Waals surface area contributed by atoms with Gasteiger partial charge < -0.3 is 33.6 Å². The van der Waals surface area contributed by atoms with Crippen LogP contribution in [0.25, 0.3) is 0 Å². The second-order valence-electron chi connectivity index (χ2n) is 18.2. The van der Waals surface area contributed by atoms with Crippen LogP contribution in [0.3, 0.4) is 0 Å². The second kappa shape index (κ2) is 14.0. The van der Waals surface area contributed by atoms with Crippen LogP contribution >= 0.6 is 0 Å². The fourth-order valence-corrected chi connectivity index (χ4v) is 7.81. The summed E-state index contributed by atoms with van der Waals surface area (Å²) in [4.78, 5) is 53.8. The fourth-order valence-electron chi connectivity index (χ4n) is 7.81. The van der Waals surface area contributed by atoms with Crippen LogP contribution in [0.4, 0.5) is 0 Å². The summed E-state index contributed by atoms with van der Waals surface area (Å²) >= 11 is 0. The molecule has 53 heavy (non-hydrogen) atoms. The summed E-state index contributed by atoms with van der Waals surface area (Å²) in [6, 6.07) is 5.16. The molecule has 1 N–H and O–H groups in total. The molecule has 5 atom stereocenters.